The molecule has 0 bridgehead atoms. The Morgan fingerprint density at radius 3 is 2.42 bits per heavy atom. The maximum atomic E-state index is 5.83. The average molecular weight is 349 g/mol. The molecule has 1 aliphatic rings. The van der Waals surface area contributed by atoms with Crippen LogP contribution >= 0.6 is 0 Å². The molecule has 4 heteroatoms. The molecule has 0 saturated heterocycles. The Hall–Kier alpha value is -2.59. The van der Waals surface area contributed by atoms with E-state index in [1.54, 1.807) is 0 Å². The second-order valence-corrected chi connectivity index (χ2v) is 6.51. The molecule has 0 saturated carbocycles. The third kappa shape index (κ3) is 5.74. The van der Waals surface area contributed by atoms with Crippen LogP contribution in [0, 0.1) is 0 Å². The molecule has 2 aromatic rings. The molecule has 0 aliphatic heterocycles. The monoisotopic (exact) mass is 349 g/mol. The van der Waals surface area contributed by atoms with Crippen LogP contribution in [0.1, 0.15) is 29.5 Å². The molecular formula is C22H27N3O. The van der Waals surface area contributed by atoms with Crippen molar-refractivity contribution >= 4 is 5.96 Å². The van der Waals surface area contributed by atoms with E-state index in [4.69, 9.17) is 4.74 Å². The number of benzene rings is 2. The topological polar surface area (TPSA) is 45.7 Å². The zero-order valence-electron chi connectivity index (χ0n) is 15.3. The highest BCUT2D eigenvalue weighted by molar-refractivity contribution is 5.80. The standard InChI is InChI=1S/C22H27N3O/c1-23-22(25-21-12-5-6-13-21)24-15-19-10-7-11-20(14-19)17-26-16-18-8-3-2-4-9-18/h2-11,14,21H,12-13,15-17H2,1H3,(H2,23,24,25). The van der Waals surface area contributed by atoms with Crippen LogP contribution in [0.5, 0.6) is 0 Å². The lowest BCUT2D eigenvalue weighted by molar-refractivity contribution is 0.107. The highest BCUT2D eigenvalue weighted by Crippen LogP contribution is 2.10. The number of hydrogen-bond acceptors (Lipinski definition) is 2. The third-order valence-electron chi connectivity index (χ3n) is 4.40. The molecule has 0 spiro atoms. The molecule has 2 aromatic carbocycles. The summed E-state index contributed by atoms with van der Waals surface area (Å²) in [7, 11) is 1.81. The molecule has 3 rings (SSSR count). The summed E-state index contributed by atoms with van der Waals surface area (Å²) in [6.07, 6.45) is 6.55. The number of nitrogens with one attached hydrogen (secondary N) is 2. The highest BCUT2D eigenvalue weighted by atomic mass is 16.5. The summed E-state index contributed by atoms with van der Waals surface area (Å²) in [5, 5.41) is 6.85. The predicted molar refractivity (Wildman–Crippen MR) is 107 cm³/mol. The average Bonchev–Trinajstić information content (AvgIpc) is 3.19. The van der Waals surface area contributed by atoms with Gasteiger partial charge in [0.15, 0.2) is 5.96 Å². The van der Waals surface area contributed by atoms with E-state index in [-0.39, 0.29) is 0 Å². The van der Waals surface area contributed by atoms with Gasteiger partial charge in [0.2, 0.25) is 0 Å². The van der Waals surface area contributed by atoms with Gasteiger partial charge in [0.05, 0.1) is 13.2 Å². The van der Waals surface area contributed by atoms with Crippen molar-refractivity contribution < 1.29 is 4.74 Å². The van der Waals surface area contributed by atoms with Crippen molar-refractivity contribution in [3.8, 4) is 0 Å². The molecule has 1 aliphatic carbocycles. The number of aliphatic imine (C=N–C) groups is 1. The van der Waals surface area contributed by atoms with E-state index >= 15 is 0 Å². The van der Waals surface area contributed by atoms with Crippen molar-refractivity contribution in [1.29, 1.82) is 0 Å². The third-order valence-corrected chi connectivity index (χ3v) is 4.40. The largest absolute Gasteiger partial charge is 0.372 e. The van der Waals surface area contributed by atoms with Gasteiger partial charge in [-0.1, -0.05) is 66.7 Å². The van der Waals surface area contributed by atoms with Crippen molar-refractivity contribution in [3.63, 3.8) is 0 Å². The summed E-state index contributed by atoms with van der Waals surface area (Å²) in [5.41, 5.74) is 3.60. The molecule has 0 radical (unpaired) electrons. The molecule has 0 unspecified atom stereocenters. The van der Waals surface area contributed by atoms with Crippen LogP contribution in [0.4, 0.5) is 0 Å². The summed E-state index contributed by atoms with van der Waals surface area (Å²) < 4.78 is 5.83. The first kappa shape index (κ1) is 18.2. The van der Waals surface area contributed by atoms with E-state index < -0.39 is 0 Å². The van der Waals surface area contributed by atoms with Gasteiger partial charge in [-0.25, -0.2) is 0 Å². The first-order chi connectivity index (χ1) is 12.8. The molecule has 0 amide bonds. The van der Waals surface area contributed by atoms with Gasteiger partial charge in [-0.3, -0.25) is 4.99 Å². The summed E-state index contributed by atoms with van der Waals surface area (Å²) in [4.78, 5) is 4.31. The maximum absolute atomic E-state index is 5.83. The van der Waals surface area contributed by atoms with Crippen LogP contribution in [0.3, 0.4) is 0 Å². The Balaban J connectivity index is 1.45. The molecule has 2 N–H and O–H groups in total. The Kier molecular flexibility index (Phi) is 6.85. The van der Waals surface area contributed by atoms with E-state index in [2.05, 4.69) is 64.2 Å². The van der Waals surface area contributed by atoms with Crippen LogP contribution in [0.15, 0.2) is 71.7 Å². The first-order valence-corrected chi connectivity index (χ1v) is 9.15. The number of nitrogens with zero attached hydrogens (tertiary/aromatic N) is 1. The Morgan fingerprint density at radius 1 is 0.962 bits per heavy atom. The highest BCUT2D eigenvalue weighted by Gasteiger charge is 2.11. The molecule has 4 nitrogen and oxygen atoms in total. The van der Waals surface area contributed by atoms with Crippen molar-refractivity contribution in [2.75, 3.05) is 7.05 Å². The Bertz CT molecular complexity index is 732. The van der Waals surface area contributed by atoms with Crippen LogP contribution in [-0.4, -0.2) is 19.0 Å². The Labute approximate surface area is 156 Å². The van der Waals surface area contributed by atoms with Gasteiger partial charge in [0.1, 0.15) is 0 Å². The number of ether oxygens (including phenoxy) is 1. The number of rotatable bonds is 7. The van der Waals surface area contributed by atoms with E-state index in [0.29, 0.717) is 19.3 Å². The SMILES string of the molecule is CN=C(NCc1cccc(COCc2ccccc2)c1)NC1CC=CC1. The number of guanidine groups is 1. The molecule has 0 aromatic heterocycles. The molecule has 0 heterocycles. The van der Waals surface area contributed by atoms with Gasteiger partial charge in [0.25, 0.3) is 0 Å². The fourth-order valence-electron chi connectivity index (χ4n) is 3.00. The van der Waals surface area contributed by atoms with Gasteiger partial charge in [-0.05, 0) is 29.5 Å². The lowest BCUT2D eigenvalue weighted by atomic mass is 10.1. The van der Waals surface area contributed by atoms with Crippen molar-refractivity contribution in [3.05, 3.63) is 83.4 Å². The minimum atomic E-state index is 0.457. The summed E-state index contributed by atoms with van der Waals surface area (Å²) >= 11 is 0. The van der Waals surface area contributed by atoms with Crippen molar-refractivity contribution in [1.82, 2.24) is 10.6 Å². The molecule has 0 atom stereocenters. The molecule has 26 heavy (non-hydrogen) atoms. The first-order valence-electron chi connectivity index (χ1n) is 9.15. The lowest BCUT2D eigenvalue weighted by Gasteiger charge is -2.17. The van der Waals surface area contributed by atoms with Crippen LogP contribution in [0.25, 0.3) is 0 Å². The smallest absolute Gasteiger partial charge is 0.191 e. The fraction of sp³-hybridized carbons (Fsp3) is 0.318. The minimum absolute atomic E-state index is 0.457. The van der Waals surface area contributed by atoms with Gasteiger partial charge in [-0.15, -0.1) is 0 Å². The van der Waals surface area contributed by atoms with Gasteiger partial charge < -0.3 is 15.4 Å². The molecule has 0 fully saturated rings. The van der Waals surface area contributed by atoms with Crippen LogP contribution < -0.4 is 10.6 Å². The summed E-state index contributed by atoms with van der Waals surface area (Å²) in [6, 6.07) is 19.2. The van der Waals surface area contributed by atoms with Crippen LogP contribution in [0.2, 0.25) is 0 Å². The Morgan fingerprint density at radius 2 is 1.65 bits per heavy atom. The normalized spacial score (nSPS) is 14.6. The molecule has 136 valence electrons. The second-order valence-electron chi connectivity index (χ2n) is 6.51. The summed E-state index contributed by atoms with van der Waals surface area (Å²) in [6.45, 7) is 1.99. The maximum Gasteiger partial charge on any atom is 0.191 e. The zero-order valence-corrected chi connectivity index (χ0v) is 15.3. The number of hydrogen-bond donors (Lipinski definition) is 2. The second kappa shape index (κ2) is 9.78. The minimum Gasteiger partial charge on any atom is -0.372 e. The van der Waals surface area contributed by atoms with Crippen LogP contribution in [-0.2, 0) is 24.5 Å². The van der Waals surface area contributed by atoms with Gasteiger partial charge in [0, 0.05) is 19.6 Å². The van der Waals surface area contributed by atoms with E-state index in [9.17, 15) is 0 Å². The zero-order chi connectivity index (χ0) is 18.0. The quantitative estimate of drug-likeness (QED) is 0.454. The lowest BCUT2D eigenvalue weighted by Crippen LogP contribution is -2.42. The van der Waals surface area contributed by atoms with Crippen molar-refractivity contribution in [2.45, 2.75) is 38.6 Å². The fourth-order valence-corrected chi connectivity index (χ4v) is 3.00. The van der Waals surface area contributed by atoms with E-state index in [1.165, 1.54) is 16.7 Å². The van der Waals surface area contributed by atoms with Crippen molar-refractivity contribution in [2.24, 2.45) is 4.99 Å². The summed E-state index contributed by atoms with van der Waals surface area (Å²) in [5.74, 6) is 0.851. The van der Waals surface area contributed by atoms with E-state index in [1.807, 2.05) is 25.2 Å². The van der Waals surface area contributed by atoms with Gasteiger partial charge >= 0.3 is 0 Å². The van der Waals surface area contributed by atoms with E-state index in [0.717, 1.165) is 25.3 Å². The molecular weight excluding hydrogens is 322 g/mol. The van der Waals surface area contributed by atoms with Gasteiger partial charge in [-0.2, -0.15) is 0 Å². The predicted octanol–water partition coefficient (Wildman–Crippen LogP) is 3.79.